The van der Waals surface area contributed by atoms with Gasteiger partial charge in [-0.15, -0.1) is 0 Å². The Morgan fingerprint density at radius 2 is 1.94 bits per heavy atom. The van der Waals surface area contributed by atoms with Crippen LogP contribution in [0, 0.1) is 5.92 Å². The Hall–Kier alpha value is -0.160. The minimum atomic E-state index is 0.829. The number of rotatable bonds is 10. The summed E-state index contributed by atoms with van der Waals surface area (Å²) in [6.07, 6.45) is 3.77. The fourth-order valence-corrected chi connectivity index (χ4v) is 2.31. The molecular weight excluding hydrogens is 216 g/mol. The Balaban J connectivity index is 2.13. The summed E-state index contributed by atoms with van der Waals surface area (Å²) < 4.78 is 10.3. The summed E-state index contributed by atoms with van der Waals surface area (Å²) in [5.74, 6) is 0.877. The zero-order chi connectivity index (χ0) is 12.3. The zero-order valence-electron chi connectivity index (χ0n) is 11.4. The minimum Gasteiger partial charge on any atom is -0.385 e. The molecule has 1 heterocycles. The largest absolute Gasteiger partial charge is 0.385 e. The first-order valence-electron chi connectivity index (χ1n) is 6.77. The standard InChI is InChI=1S/C13H28N2O2/c1-16-10-3-7-15(9-11-17-2)8-5-13-4-6-14-12-13/h13-14H,3-12H2,1-2H3. The van der Waals surface area contributed by atoms with Gasteiger partial charge < -0.3 is 19.7 Å². The first kappa shape index (κ1) is 14.9. The number of hydrogen-bond acceptors (Lipinski definition) is 4. The van der Waals surface area contributed by atoms with Gasteiger partial charge in [-0.1, -0.05) is 0 Å². The number of nitrogens with one attached hydrogen (secondary N) is 1. The lowest BCUT2D eigenvalue weighted by atomic mass is 10.0. The molecule has 1 saturated heterocycles. The topological polar surface area (TPSA) is 33.7 Å². The SMILES string of the molecule is COCCCN(CCOC)CCC1CCNC1. The van der Waals surface area contributed by atoms with E-state index < -0.39 is 0 Å². The molecule has 0 saturated carbocycles. The predicted octanol–water partition coefficient (Wildman–Crippen LogP) is 0.971. The molecule has 1 aliphatic heterocycles. The molecule has 4 heteroatoms. The van der Waals surface area contributed by atoms with E-state index in [1.807, 2.05) is 0 Å². The molecule has 0 aromatic carbocycles. The lowest BCUT2D eigenvalue weighted by Crippen LogP contribution is -2.31. The second-order valence-electron chi connectivity index (χ2n) is 4.83. The third-order valence-electron chi connectivity index (χ3n) is 3.45. The maximum atomic E-state index is 5.17. The van der Waals surface area contributed by atoms with Gasteiger partial charge in [-0.05, 0) is 44.8 Å². The van der Waals surface area contributed by atoms with Crippen LogP contribution >= 0.6 is 0 Å². The third kappa shape index (κ3) is 6.99. The lowest BCUT2D eigenvalue weighted by molar-refractivity contribution is 0.129. The van der Waals surface area contributed by atoms with Crippen LogP contribution in [0.2, 0.25) is 0 Å². The number of ether oxygens (including phenoxy) is 2. The maximum absolute atomic E-state index is 5.17. The Bertz CT molecular complexity index is 173. The molecule has 0 bridgehead atoms. The highest BCUT2D eigenvalue weighted by Gasteiger charge is 2.15. The van der Waals surface area contributed by atoms with Gasteiger partial charge in [0.25, 0.3) is 0 Å². The van der Waals surface area contributed by atoms with Gasteiger partial charge >= 0.3 is 0 Å². The molecule has 1 unspecified atom stereocenters. The van der Waals surface area contributed by atoms with Gasteiger partial charge in [0.2, 0.25) is 0 Å². The fourth-order valence-electron chi connectivity index (χ4n) is 2.31. The number of hydrogen-bond donors (Lipinski definition) is 1. The molecule has 102 valence electrons. The molecule has 0 aliphatic carbocycles. The van der Waals surface area contributed by atoms with E-state index in [0.29, 0.717) is 0 Å². The van der Waals surface area contributed by atoms with Gasteiger partial charge in [0.1, 0.15) is 0 Å². The van der Waals surface area contributed by atoms with Crippen molar-refractivity contribution in [3.8, 4) is 0 Å². The van der Waals surface area contributed by atoms with E-state index in [1.54, 1.807) is 14.2 Å². The molecule has 4 nitrogen and oxygen atoms in total. The van der Waals surface area contributed by atoms with Gasteiger partial charge in [-0.25, -0.2) is 0 Å². The first-order valence-corrected chi connectivity index (χ1v) is 6.77. The van der Waals surface area contributed by atoms with Crippen LogP contribution in [0.3, 0.4) is 0 Å². The van der Waals surface area contributed by atoms with Crippen LogP contribution in [0.25, 0.3) is 0 Å². The fraction of sp³-hybridized carbons (Fsp3) is 1.00. The third-order valence-corrected chi connectivity index (χ3v) is 3.45. The Morgan fingerprint density at radius 3 is 2.59 bits per heavy atom. The van der Waals surface area contributed by atoms with E-state index in [2.05, 4.69) is 10.2 Å². The molecule has 0 amide bonds. The Morgan fingerprint density at radius 1 is 1.12 bits per heavy atom. The molecular formula is C13H28N2O2. The summed E-state index contributed by atoms with van der Waals surface area (Å²) in [7, 11) is 3.54. The van der Waals surface area contributed by atoms with Gasteiger partial charge in [0.05, 0.1) is 6.61 Å². The average molecular weight is 244 g/mol. The molecule has 0 aromatic rings. The van der Waals surface area contributed by atoms with Crippen molar-refractivity contribution in [3.05, 3.63) is 0 Å². The van der Waals surface area contributed by atoms with Gasteiger partial charge in [0, 0.05) is 33.9 Å². The van der Waals surface area contributed by atoms with E-state index in [9.17, 15) is 0 Å². The number of nitrogens with zero attached hydrogens (tertiary/aromatic N) is 1. The molecule has 0 spiro atoms. The normalized spacial score (nSPS) is 20.3. The summed E-state index contributed by atoms with van der Waals surface area (Å²) >= 11 is 0. The second-order valence-corrected chi connectivity index (χ2v) is 4.83. The molecule has 1 rings (SSSR count). The van der Waals surface area contributed by atoms with Crippen LogP contribution in [-0.4, -0.2) is 65.1 Å². The van der Waals surface area contributed by atoms with Crippen LogP contribution in [0.15, 0.2) is 0 Å². The highest BCUT2D eigenvalue weighted by atomic mass is 16.5. The highest BCUT2D eigenvalue weighted by Crippen LogP contribution is 2.12. The molecule has 1 aliphatic rings. The van der Waals surface area contributed by atoms with Crippen molar-refractivity contribution in [2.75, 3.05) is 60.2 Å². The van der Waals surface area contributed by atoms with Crippen molar-refractivity contribution in [1.29, 1.82) is 0 Å². The Kier molecular flexibility index (Phi) is 8.61. The summed E-state index contributed by atoms with van der Waals surface area (Å²) in [5.41, 5.74) is 0. The van der Waals surface area contributed by atoms with Gasteiger partial charge in [0.15, 0.2) is 0 Å². The average Bonchev–Trinajstić information content (AvgIpc) is 2.85. The number of methoxy groups -OCH3 is 2. The summed E-state index contributed by atoms with van der Waals surface area (Å²) in [4.78, 5) is 2.50. The summed E-state index contributed by atoms with van der Waals surface area (Å²) in [6, 6.07) is 0. The first-order chi connectivity index (χ1) is 8.36. The Labute approximate surface area is 106 Å². The molecule has 0 radical (unpaired) electrons. The van der Waals surface area contributed by atoms with Crippen molar-refractivity contribution in [2.24, 2.45) is 5.92 Å². The van der Waals surface area contributed by atoms with Gasteiger partial charge in [-0.2, -0.15) is 0 Å². The van der Waals surface area contributed by atoms with Crippen molar-refractivity contribution >= 4 is 0 Å². The van der Waals surface area contributed by atoms with Gasteiger partial charge in [-0.3, -0.25) is 0 Å². The van der Waals surface area contributed by atoms with Crippen molar-refractivity contribution in [1.82, 2.24) is 10.2 Å². The molecule has 17 heavy (non-hydrogen) atoms. The van der Waals surface area contributed by atoms with E-state index in [-0.39, 0.29) is 0 Å². The van der Waals surface area contributed by atoms with E-state index in [4.69, 9.17) is 9.47 Å². The maximum Gasteiger partial charge on any atom is 0.0589 e. The van der Waals surface area contributed by atoms with Crippen molar-refractivity contribution < 1.29 is 9.47 Å². The van der Waals surface area contributed by atoms with Crippen molar-refractivity contribution in [2.45, 2.75) is 19.3 Å². The molecule has 1 N–H and O–H groups in total. The van der Waals surface area contributed by atoms with Crippen LogP contribution < -0.4 is 5.32 Å². The van der Waals surface area contributed by atoms with E-state index in [1.165, 1.54) is 32.5 Å². The molecule has 0 aromatic heterocycles. The quantitative estimate of drug-likeness (QED) is 0.581. The second kappa shape index (κ2) is 9.83. The van der Waals surface area contributed by atoms with Crippen LogP contribution in [0.4, 0.5) is 0 Å². The monoisotopic (exact) mass is 244 g/mol. The minimum absolute atomic E-state index is 0.829. The molecule has 1 atom stereocenters. The predicted molar refractivity (Wildman–Crippen MR) is 70.4 cm³/mol. The smallest absolute Gasteiger partial charge is 0.0589 e. The highest BCUT2D eigenvalue weighted by molar-refractivity contribution is 4.72. The lowest BCUT2D eigenvalue weighted by Gasteiger charge is -2.23. The van der Waals surface area contributed by atoms with Crippen LogP contribution in [0.1, 0.15) is 19.3 Å². The summed E-state index contributed by atoms with van der Waals surface area (Å²) in [5, 5.41) is 3.43. The van der Waals surface area contributed by atoms with Crippen LogP contribution in [-0.2, 0) is 9.47 Å². The molecule has 1 fully saturated rings. The zero-order valence-corrected chi connectivity index (χ0v) is 11.4. The van der Waals surface area contributed by atoms with Crippen LogP contribution in [0.5, 0.6) is 0 Å². The summed E-state index contributed by atoms with van der Waals surface area (Å²) in [6.45, 7) is 7.45. The van der Waals surface area contributed by atoms with E-state index in [0.717, 1.165) is 38.6 Å². The van der Waals surface area contributed by atoms with E-state index >= 15 is 0 Å². The van der Waals surface area contributed by atoms with Crippen molar-refractivity contribution in [3.63, 3.8) is 0 Å².